The number of nitrogen functional groups attached to an aromatic ring is 1. The van der Waals surface area contributed by atoms with Gasteiger partial charge in [-0.15, -0.1) is 0 Å². The number of rotatable bonds is 3. The monoisotopic (exact) mass is 496 g/mol. The molecular formula is C25H36N8O3. The summed E-state index contributed by atoms with van der Waals surface area (Å²) in [6.07, 6.45) is 4.81. The molecule has 2 atom stereocenters. The highest BCUT2D eigenvalue weighted by Crippen LogP contribution is 2.41. The Hall–Kier alpha value is -3.21. The second-order valence-corrected chi connectivity index (χ2v) is 11.2. The molecule has 0 aliphatic carbocycles. The number of nitrogens with two attached hydrogens (primary N) is 1. The molecule has 3 aliphatic rings. The highest BCUT2D eigenvalue weighted by Gasteiger charge is 2.45. The molecular weight excluding hydrogens is 460 g/mol. The zero-order valence-electron chi connectivity index (χ0n) is 21.8. The van der Waals surface area contributed by atoms with Crippen molar-refractivity contribution >= 4 is 23.8 Å². The molecule has 0 bridgehead atoms. The Labute approximate surface area is 212 Å². The molecule has 1 amide bonds. The standard InChI is InChI=1S/C25H36N8O3/c1-16-14-35-11-10-32(16)22-29-19(17-12-27-21(26)28-13-17)18-6-8-33(20(18)30-22)25(5)7-9-31(15-25)23(34)36-24(2,3)4/h12-13,16H,6-11,14-15H2,1-5H3,(H2,26,27,28)/t16-,25+/m1/s1. The van der Waals surface area contributed by atoms with Crippen LogP contribution < -0.4 is 15.5 Å². The Morgan fingerprint density at radius 1 is 1.19 bits per heavy atom. The number of hydrogen-bond donors (Lipinski definition) is 1. The van der Waals surface area contributed by atoms with E-state index in [9.17, 15) is 4.79 Å². The number of carbonyl (C=O) groups excluding carboxylic acids is 1. The summed E-state index contributed by atoms with van der Waals surface area (Å²) in [5.74, 6) is 1.82. The Bertz CT molecular complexity index is 1140. The lowest BCUT2D eigenvalue weighted by molar-refractivity contribution is 0.0285. The maximum Gasteiger partial charge on any atom is 0.410 e. The van der Waals surface area contributed by atoms with Gasteiger partial charge in [-0.2, -0.15) is 4.98 Å². The van der Waals surface area contributed by atoms with Crippen LogP contribution in [0.1, 0.15) is 46.6 Å². The fourth-order valence-corrected chi connectivity index (χ4v) is 5.27. The Kier molecular flexibility index (Phi) is 6.14. The highest BCUT2D eigenvalue weighted by molar-refractivity contribution is 5.74. The van der Waals surface area contributed by atoms with E-state index >= 15 is 0 Å². The van der Waals surface area contributed by atoms with E-state index in [1.54, 1.807) is 12.4 Å². The molecule has 5 heterocycles. The third-order valence-electron chi connectivity index (χ3n) is 7.14. The molecule has 194 valence electrons. The van der Waals surface area contributed by atoms with Crippen LogP contribution in [-0.4, -0.2) is 87.5 Å². The van der Waals surface area contributed by atoms with Gasteiger partial charge in [-0.25, -0.2) is 19.7 Å². The third kappa shape index (κ3) is 4.63. The molecule has 0 unspecified atom stereocenters. The van der Waals surface area contributed by atoms with Gasteiger partial charge in [0, 0.05) is 49.7 Å². The van der Waals surface area contributed by atoms with Crippen LogP contribution in [0.25, 0.3) is 11.3 Å². The molecule has 5 rings (SSSR count). The first kappa shape index (κ1) is 24.5. The molecule has 2 aromatic heterocycles. The summed E-state index contributed by atoms with van der Waals surface area (Å²) in [5.41, 5.74) is 7.69. The topological polar surface area (TPSA) is 123 Å². The molecule has 11 heteroatoms. The number of fused-ring (bicyclic) bond motifs is 1. The minimum atomic E-state index is -0.524. The molecule has 36 heavy (non-hydrogen) atoms. The molecule has 0 saturated carbocycles. The van der Waals surface area contributed by atoms with E-state index in [0.29, 0.717) is 32.3 Å². The second-order valence-electron chi connectivity index (χ2n) is 11.2. The predicted octanol–water partition coefficient (Wildman–Crippen LogP) is 2.50. The number of carbonyl (C=O) groups is 1. The predicted molar refractivity (Wildman–Crippen MR) is 137 cm³/mol. The van der Waals surface area contributed by atoms with Gasteiger partial charge in [-0.3, -0.25) is 0 Å². The average Bonchev–Trinajstić information content (AvgIpc) is 3.43. The van der Waals surface area contributed by atoms with E-state index in [0.717, 1.165) is 48.6 Å². The lowest BCUT2D eigenvalue weighted by Crippen LogP contribution is -2.49. The Balaban J connectivity index is 1.51. The van der Waals surface area contributed by atoms with Crippen LogP contribution >= 0.6 is 0 Å². The lowest BCUT2D eigenvalue weighted by atomic mass is 9.99. The van der Waals surface area contributed by atoms with Crippen LogP contribution in [-0.2, 0) is 15.9 Å². The van der Waals surface area contributed by atoms with Crippen molar-refractivity contribution in [3.63, 3.8) is 0 Å². The average molecular weight is 497 g/mol. The van der Waals surface area contributed by atoms with Gasteiger partial charge in [0.15, 0.2) is 0 Å². The molecule has 2 N–H and O–H groups in total. The van der Waals surface area contributed by atoms with Crippen molar-refractivity contribution in [1.82, 2.24) is 24.8 Å². The van der Waals surface area contributed by atoms with Crippen molar-refractivity contribution in [1.29, 1.82) is 0 Å². The van der Waals surface area contributed by atoms with E-state index in [-0.39, 0.29) is 23.6 Å². The number of anilines is 3. The van der Waals surface area contributed by atoms with E-state index in [1.165, 1.54) is 0 Å². The van der Waals surface area contributed by atoms with E-state index in [2.05, 4.69) is 33.6 Å². The molecule has 0 spiro atoms. The van der Waals surface area contributed by atoms with Gasteiger partial charge in [0.2, 0.25) is 11.9 Å². The van der Waals surface area contributed by atoms with Crippen molar-refractivity contribution in [2.45, 2.75) is 64.6 Å². The smallest absolute Gasteiger partial charge is 0.410 e. The molecule has 11 nitrogen and oxygen atoms in total. The summed E-state index contributed by atoms with van der Waals surface area (Å²) >= 11 is 0. The van der Waals surface area contributed by atoms with Gasteiger partial charge in [0.05, 0.1) is 30.5 Å². The van der Waals surface area contributed by atoms with Crippen molar-refractivity contribution < 1.29 is 14.3 Å². The number of likely N-dealkylation sites (tertiary alicyclic amines) is 1. The normalized spacial score (nSPS) is 24.2. The third-order valence-corrected chi connectivity index (χ3v) is 7.14. The number of aromatic nitrogens is 4. The zero-order chi connectivity index (χ0) is 25.7. The number of nitrogens with zero attached hydrogens (tertiary/aromatic N) is 7. The van der Waals surface area contributed by atoms with Crippen LogP contribution in [0.4, 0.5) is 22.5 Å². The molecule has 2 saturated heterocycles. The summed E-state index contributed by atoms with van der Waals surface area (Å²) in [6, 6.07) is 0.159. The van der Waals surface area contributed by atoms with Crippen LogP contribution in [0, 0.1) is 0 Å². The Morgan fingerprint density at radius 2 is 1.94 bits per heavy atom. The first-order valence-electron chi connectivity index (χ1n) is 12.6. The summed E-state index contributed by atoms with van der Waals surface area (Å²) in [4.78, 5) is 37.7. The van der Waals surface area contributed by atoms with Crippen molar-refractivity contribution in [2.75, 3.05) is 54.9 Å². The lowest BCUT2D eigenvalue weighted by Gasteiger charge is -2.38. The molecule has 0 aromatic carbocycles. The Morgan fingerprint density at radius 3 is 2.64 bits per heavy atom. The number of ether oxygens (including phenoxy) is 2. The van der Waals surface area contributed by atoms with Crippen LogP contribution in [0.5, 0.6) is 0 Å². The summed E-state index contributed by atoms with van der Waals surface area (Å²) in [7, 11) is 0. The van der Waals surface area contributed by atoms with Crippen molar-refractivity contribution in [3.8, 4) is 11.3 Å². The van der Waals surface area contributed by atoms with Gasteiger partial charge in [-0.05, 0) is 47.5 Å². The SMILES string of the molecule is C[C@@H]1COCCN1c1nc(-c2cnc(N)nc2)c2c(n1)N([C@@]1(C)CCN(C(=O)OC(C)(C)C)C1)CC2. The van der Waals surface area contributed by atoms with Crippen LogP contribution in [0.15, 0.2) is 12.4 Å². The molecule has 2 fully saturated rings. The number of hydrogen-bond acceptors (Lipinski definition) is 10. The molecule has 2 aromatic rings. The first-order chi connectivity index (χ1) is 17.0. The van der Waals surface area contributed by atoms with Gasteiger partial charge in [-0.1, -0.05) is 0 Å². The summed E-state index contributed by atoms with van der Waals surface area (Å²) in [5, 5.41) is 0. The number of amides is 1. The highest BCUT2D eigenvalue weighted by atomic mass is 16.6. The van der Waals surface area contributed by atoms with Crippen LogP contribution in [0.2, 0.25) is 0 Å². The number of morpholine rings is 1. The van der Waals surface area contributed by atoms with Crippen LogP contribution in [0.3, 0.4) is 0 Å². The first-order valence-corrected chi connectivity index (χ1v) is 12.6. The fraction of sp³-hybridized carbons (Fsp3) is 0.640. The maximum absolute atomic E-state index is 12.8. The maximum atomic E-state index is 12.8. The van der Waals surface area contributed by atoms with E-state index in [1.807, 2.05) is 25.7 Å². The van der Waals surface area contributed by atoms with Gasteiger partial charge < -0.3 is 29.9 Å². The molecule has 0 radical (unpaired) electrons. The quantitative estimate of drug-likeness (QED) is 0.678. The second kappa shape index (κ2) is 9.02. The summed E-state index contributed by atoms with van der Waals surface area (Å²) in [6.45, 7) is 14.0. The minimum Gasteiger partial charge on any atom is -0.444 e. The fourth-order valence-electron chi connectivity index (χ4n) is 5.27. The minimum absolute atomic E-state index is 0.159. The van der Waals surface area contributed by atoms with Crippen molar-refractivity contribution in [2.24, 2.45) is 0 Å². The largest absolute Gasteiger partial charge is 0.444 e. The van der Waals surface area contributed by atoms with Gasteiger partial charge >= 0.3 is 6.09 Å². The van der Waals surface area contributed by atoms with Gasteiger partial charge in [0.1, 0.15) is 11.4 Å². The van der Waals surface area contributed by atoms with E-state index in [4.69, 9.17) is 25.2 Å². The van der Waals surface area contributed by atoms with Gasteiger partial charge in [0.25, 0.3) is 0 Å². The molecule has 3 aliphatic heterocycles. The zero-order valence-corrected chi connectivity index (χ0v) is 21.8. The summed E-state index contributed by atoms with van der Waals surface area (Å²) < 4.78 is 11.3. The van der Waals surface area contributed by atoms with E-state index < -0.39 is 5.60 Å². The van der Waals surface area contributed by atoms with Crippen molar-refractivity contribution in [3.05, 3.63) is 18.0 Å².